The number of halogens is 1. The van der Waals surface area contributed by atoms with Crippen LogP contribution in [0.2, 0.25) is 0 Å². The Hall–Kier alpha value is -4.24. The molecule has 3 aromatic carbocycles. The van der Waals surface area contributed by atoms with Crippen molar-refractivity contribution in [3.05, 3.63) is 120 Å². The Morgan fingerprint density at radius 2 is 1.60 bits per heavy atom. The highest BCUT2D eigenvalue weighted by Gasteiger charge is 2.14. The summed E-state index contributed by atoms with van der Waals surface area (Å²) in [5, 5.41) is 2.83. The Morgan fingerprint density at radius 1 is 0.886 bits per heavy atom. The van der Waals surface area contributed by atoms with Crippen LogP contribution in [-0.4, -0.2) is 19.3 Å². The zero-order valence-electron chi connectivity index (χ0n) is 18.5. The first-order valence-corrected chi connectivity index (χ1v) is 12.1. The number of hydrogen-bond acceptors (Lipinski definition) is 5. The number of benzene rings is 3. The number of carbonyl (C=O) groups is 1. The van der Waals surface area contributed by atoms with Crippen molar-refractivity contribution in [3.8, 4) is 5.75 Å². The highest BCUT2D eigenvalue weighted by Crippen LogP contribution is 2.18. The molecule has 0 radical (unpaired) electrons. The molecule has 35 heavy (non-hydrogen) atoms. The molecule has 0 saturated carbocycles. The monoisotopic (exact) mass is 491 g/mol. The van der Waals surface area contributed by atoms with Gasteiger partial charge >= 0.3 is 0 Å². The molecule has 0 spiro atoms. The molecule has 7 nitrogen and oxygen atoms in total. The molecule has 1 amide bonds. The van der Waals surface area contributed by atoms with E-state index >= 15 is 0 Å². The number of aromatic nitrogens is 1. The van der Waals surface area contributed by atoms with Crippen molar-refractivity contribution in [1.29, 1.82) is 0 Å². The van der Waals surface area contributed by atoms with Crippen LogP contribution in [0.5, 0.6) is 5.75 Å². The summed E-state index contributed by atoms with van der Waals surface area (Å²) in [7, 11) is -3.86. The molecule has 0 saturated heterocycles. The van der Waals surface area contributed by atoms with Crippen LogP contribution >= 0.6 is 0 Å². The smallest absolute Gasteiger partial charge is 0.261 e. The van der Waals surface area contributed by atoms with Crippen LogP contribution < -0.4 is 14.8 Å². The topological polar surface area (TPSA) is 97.4 Å². The van der Waals surface area contributed by atoms with Crippen LogP contribution in [0.25, 0.3) is 0 Å². The van der Waals surface area contributed by atoms with Gasteiger partial charge in [0.2, 0.25) is 0 Å². The molecule has 178 valence electrons. The Balaban J connectivity index is 1.28. The van der Waals surface area contributed by atoms with Crippen molar-refractivity contribution in [2.24, 2.45) is 0 Å². The lowest BCUT2D eigenvalue weighted by atomic mass is 10.1. The maximum atomic E-state index is 13.0. The minimum absolute atomic E-state index is 0.0609. The van der Waals surface area contributed by atoms with E-state index in [1.807, 2.05) is 36.4 Å². The molecule has 0 aliphatic rings. The predicted molar refractivity (Wildman–Crippen MR) is 130 cm³/mol. The van der Waals surface area contributed by atoms with E-state index in [2.05, 4.69) is 15.0 Å². The van der Waals surface area contributed by atoms with Crippen molar-refractivity contribution < 1.29 is 22.3 Å². The second kappa shape index (κ2) is 10.8. The average molecular weight is 492 g/mol. The van der Waals surface area contributed by atoms with E-state index in [1.54, 1.807) is 12.4 Å². The van der Waals surface area contributed by atoms with Crippen molar-refractivity contribution in [1.82, 2.24) is 10.3 Å². The molecule has 0 fully saturated rings. The lowest BCUT2D eigenvalue weighted by Gasteiger charge is -2.10. The first kappa shape index (κ1) is 23.9. The first-order valence-electron chi connectivity index (χ1n) is 10.7. The summed E-state index contributed by atoms with van der Waals surface area (Å²) < 4.78 is 46.0. The number of amides is 1. The van der Waals surface area contributed by atoms with Crippen LogP contribution in [-0.2, 0) is 23.2 Å². The van der Waals surface area contributed by atoms with Gasteiger partial charge in [0, 0.05) is 35.8 Å². The van der Waals surface area contributed by atoms with Gasteiger partial charge in [-0.15, -0.1) is 0 Å². The van der Waals surface area contributed by atoms with E-state index in [-0.39, 0.29) is 16.5 Å². The second-order valence-corrected chi connectivity index (χ2v) is 9.30. The quantitative estimate of drug-likeness (QED) is 0.359. The lowest BCUT2D eigenvalue weighted by molar-refractivity contribution is 0.0951. The highest BCUT2D eigenvalue weighted by molar-refractivity contribution is 7.92. The third kappa shape index (κ3) is 6.64. The molecule has 1 heterocycles. The van der Waals surface area contributed by atoms with Crippen molar-refractivity contribution >= 4 is 21.6 Å². The molecule has 4 rings (SSSR count). The number of ether oxygens (including phenoxy) is 1. The number of rotatable bonds is 9. The van der Waals surface area contributed by atoms with Crippen molar-refractivity contribution in [2.75, 3.05) is 4.72 Å². The Bertz CT molecular complexity index is 1380. The molecule has 0 aliphatic carbocycles. The fourth-order valence-corrected chi connectivity index (χ4v) is 4.21. The van der Waals surface area contributed by atoms with Gasteiger partial charge < -0.3 is 10.1 Å². The van der Waals surface area contributed by atoms with E-state index in [0.717, 1.165) is 23.3 Å². The lowest BCUT2D eigenvalue weighted by Crippen LogP contribution is -2.22. The maximum absolute atomic E-state index is 13.0. The minimum atomic E-state index is -3.86. The fraction of sp³-hybridized carbons (Fsp3) is 0.0769. The van der Waals surface area contributed by atoms with Crippen molar-refractivity contribution in [3.63, 3.8) is 0 Å². The number of hydrogen-bond donors (Lipinski definition) is 2. The Labute approximate surface area is 202 Å². The molecule has 2 N–H and O–H groups in total. The molecular formula is C26H22FN3O4S. The molecule has 0 aliphatic heterocycles. The number of anilines is 1. The third-order valence-corrected chi connectivity index (χ3v) is 6.43. The molecule has 0 atom stereocenters. The largest absolute Gasteiger partial charge is 0.489 e. The van der Waals surface area contributed by atoms with Gasteiger partial charge in [0.25, 0.3) is 15.9 Å². The summed E-state index contributed by atoms with van der Waals surface area (Å²) in [6, 6.07) is 21.7. The molecule has 9 heteroatoms. The van der Waals surface area contributed by atoms with Crippen LogP contribution in [0.1, 0.15) is 21.5 Å². The molecule has 0 bridgehead atoms. The number of sulfonamides is 1. The summed E-state index contributed by atoms with van der Waals surface area (Å²) in [5.74, 6) is -0.109. The van der Waals surface area contributed by atoms with E-state index in [4.69, 9.17) is 4.74 Å². The summed E-state index contributed by atoms with van der Waals surface area (Å²) in [6.45, 7) is 0.737. The van der Waals surface area contributed by atoms with Crippen LogP contribution in [0, 0.1) is 5.82 Å². The second-order valence-electron chi connectivity index (χ2n) is 7.61. The van der Waals surface area contributed by atoms with Gasteiger partial charge in [-0.1, -0.05) is 18.2 Å². The van der Waals surface area contributed by atoms with E-state index in [0.29, 0.717) is 24.5 Å². The van der Waals surface area contributed by atoms with Gasteiger partial charge in [0.15, 0.2) is 0 Å². The standard InChI is InChI=1S/C26H22FN3O4S/c27-22-7-13-25(14-8-22)35(32,33)30-23-9-5-21(6-10-23)26(31)29-17-19-3-11-24(12-4-19)34-18-20-2-1-15-28-16-20/h1-16,30H,17-18H2,(H,29,31). The summed E-state index contributed by atoms with van der Waals surface area (Å²) in [4.78, 5) is 16.5. The molecule has 4 aromatic rings. The molecule has 0 unspecified atom stereocenters. The summed E-state index contributed by atoms with van der Waals surface area (Å²) in [6.07, 6.45) is 3.45. The number of nitrogens with zero attached hydrogens (tertiary/aromatic N) is 1. The first-order chi connectivity index (χ1) is 16.9. The van der Waals surface area contributed by atoms with Gasteiger partial charge in [0.1, 0.15) is 18.2 Å². The SMILES string of the molecule is O=C(NCc1ccc(OCc2cccnc2)cc1)c1ccc(NS(=O)(=O)c2ccc(F)cc2)cc1. The number of nitrogens with one attached hydrogen (secondary N) is 2. The van der Waals surface area contributed by atoms with Gasteiger partial charge in [-0.2, -0.15) is 0 Å². The zero-order chi connectivity index (χ0) is 24.7. The van der Waals surface area contributed by atoms with Crippen LogP contribution in [0.15, 0.2) is 102 Å². The van der Waals surface area contributed by atoms with Gasteiger partial charge in [-0.3, -0.25) is 14.5 Å². The van der Waals surface area contributed by atoms with E-state index in [9.17, 15) is 17.6 Å². The van der Waals surface area contributed by atoms with Crippen molar-refractivity contribution in [2.45, 2.75) is 18.0 Å². The average Bonchev–Trinajstić information content (AvgIpc) is 2.88. The molecular weight excluding hydrogens is 469 g/mol. The van der Waals surface area contributed by atoms with E-state index < -0.39 is 15.8 Å². The highest BCUT2D eigenvalue weighted by atomic mass is 32.2. The normalized spacial score (nSPS) is 11.0. The van der Waals surface area contributed by atoms with E-state index in [1.165, 1.54) is 36.4 Å². The fourth-order valence-electron chi connectivity index (χ4n) is 3.16. The van der Waals surface area contributed by atoms with Crippen LogP contribution in [0.4, 0.5) is 10.1 Å². The van der Waals surface area contributed by atoms with Gasteiger partial charge in [-0.05, 0) is 72.3 Å². The number of pyridine rings is 1. The summed E-state index contributed by atoms with van der Waals surface area (Å²) in [5.41, 5.74) is 2.53. The van der Waals surface area contributed by atoms with Gasteiger partial charge in [0.05, 0.1) is 4.90 Å². The third-order valence-electron chi connectivity index (χ3n) is 5.03. The Morgan fingerprint density at radius 3 is 2.26 bits per heavy atom. The summed E-state index contributed by atoms with van der Waals surface area (Å²) >= 11 is 0. The van der Waals surface area contributed by atoms with Gasteiger partial charge in [-0.25, -0.2) is 12.8 Å². The number of carbonyl (C=O) groups excluding carboxylic acids is 1. The predicted octanol–water partition coefficient (Wildman–Crippen LogP) is 4.53. The molecule has 1 aromatic heterocycles. The minimum Gasteiger partial charge on any atom is -0.489 e. The zero-order valence-corrected chi connectivity index (χ0v) is 19.3. The van der Waals surface area contributed by atoms with Crippen LogP contribution in [0.3, 0.4) is 0 Å². The maximum Gasteiger partial charge on any atom is 0.261 e. The Kier molecular flexibility index (Phi) is 7.37.